The van der Waals surface area contributed by atoms with Gasteiger partial charge in [-0.1, -0.05) is 30.3 Å². The first-order valence-electron chi connectivity index (χ1n) is 8.73. The monoisotopic (exact) mass is 342 g/mol. The number of benzene rings is 1. The van der Waals surface area contributed by atoms with E-state index in [1.54, 1.807) is 6.26 Å². The molecule has 1 unspecified atom stereocenters. The summed E-state index contributed by atoms with van der Waals surface area (Å²) in [7, 11) is 2.15. The minimum atomic E-state index is -0.181. The maximum Gasteiger partial charge on any atom is 0.315 e. The first-order valence-corrected chi connectivity index (χ1v) is 8.73. The number of rotatable bonds is 6. The third kappa shape index (κ3) is 5.34. The molecule has 1 aromatic heterocycles. The molecule has 0 aliphatic carbocycles. The Morgan fingerprint density at radius 2 is 1.88 bits per heavy atom. The number of carbonyl (C=O) groups is 1. The smallest absolute Gasteiger partial charge is 0.315 e. The lowest BCUT2D eigenvalue weighted by atomic mass is 10.1. The van der Waals surface area contributed by atoms with E-state index in [0.29, 0.717) is 6.54 Å². The molecule has 2 heterocycles. The summed E-state index contributed by atoms with van der Waals surface area (Å²) < 4.78 is 5.25. The number of hydrogen-bond acceptors (Lipinski definition) is 4. The number of nitrogens with one attached hydrogen (secondary N) is 2. The fourth-order valence-corrected chi connectivity index (χ4v) is 3.00. The van der Waals surface area contributed by atoms with Crippen molar-refractivity contribution >= 4 is 6.03 Å². The predicted molar refractivity (Wildman–Crippen MR) is 97.2 cm³/mol. The molecule has 1 aliphatic heterocycles. The molecule has 1 saturated heterocycles. The predicted octanol–water partition coefficient (Wildman–Crippen LogP) is 2.07. The van der Waals surface area contributed by atoms with E-state index in [2.05, 4.69) is 39.6 Å². The lowest BCUT2D eigenvalue weighted by molar-refractivity contribution is 0.142. The molecule has 3 rings (SSSR count). The van der Waals surface area contributed by atoms with Gasteiger partial charge < -0.3 is 20.0 Å². The number of amides is 2. The minimum absolute atomic E-state index is 0.0405. The van der Waals surface area contributed by atoms with Crippen LogP contribution in [0, 0.1) is 0 Å². The third-order valence-electron chi connectivity index (χ3n) is 4.55. The van der Waals surface area contributed by atoms with Crippen molar-refractivity contribution in [2.45, 2.75) is 12.6 Å². The van der Waals surface area contributed by atoms with E-state index in [9.17, 15) is 4.79 Å². The molecule has 0 bridgehead atoms. The van der Waals surface area contributed by atoms with Crippen LogP contribution < -0.4 is 10.6 Å². The van der Waals surface area contributed by atoms with Gasteiger partial charge in [0.05, 0.1) is 18.8 Å². The average molecular weight is 342 g/mol. The van der Waals surface area contributed by atoms with Gasteiger partial charge in [-0.3, -0.25) is 4.90 Å². The quantitative estimate of drug-likeness (QED) is 0.844. The topological polar surface area (TPSA) is 60.8 Å². The van der Waals surface area contributed by atoms with E-state index in [0.717, 1.165) is 44.0 Å². The Morgan fingerprint density at radius 3 is 2.56 bits per heavy atom. The SMILES string of the molecule is CN1CCN(CC(NC(=O)NCc2ccco2)c2ccccc2)CC1. The van der Waals surface area contributed by atoms with Gasteiger partial charge >= 0.3 is 6.03 Å². The number of likely N-dealkylation sites (N-methyl/N-ethyl adjacent to an activating group) is 1. The highest BCUT2D eigenvalue weighted by Gasteiger charge is 2.21. The Kier molecular flexibility index (Phi) is 6.09. The largest absolute Gasteiger partial charge is 0.467 e. The van der Waals surface area contributed by atoms with Crippen LogP contribution in [0.15, 0.2) is 53.1 Å². The maximum atomic E-state index is 12.3. The number of piperazine rings is 1. The van der Waals surface area contributed by atoms with Crippen LogP contribution in [0.25, 0.3) is 0 Å². The molecule has 134 valence electrons. The highest BCUT2D eigenvalue weighted by Crippen LogP contribution is 2.15. The molecule has 1 atom stereocenters. The first kappa shape index (κ1) is 17.5. The normalized spacial score (nSPS) is 17.2. The zero-order valence-electron chi connectivity index (χ0n) is 14.6. The van der Waals surface area contributed by atoms with Crippen LogP contribution in [-0.4, -0.2) is 55.6 Å². The van der Waals surface area contributed by atoms with Crippen LogP contribution in [-0.2, 0) is 6.54 Å². The van der Waals surface area contributed by atoms with Crippen molar-refractivity contribution in [1.82, 2.24) is 20.4 Å². The van der Waals surface area contributed by atoms with E-state index >= 15 is 0 Å². The van der Waals surface area contributed by atoms with Gasteiger partial charge in [-0.15, -0.1) is 0 Å². The van der Waals surface area contributed by atoms with Gasteiger partial charge in [0, 0.05) is 32.7 Å². The molecule has 6 heteroatoms. The third-order valence-corrected chi connectivity index (χ3v) is 4.55. The van der Waals surface area contributed by atoms with Crippen molar-refractivity contribution in [2.24, 2.45) is 0 Å². The fourth-order valence-electron chi connectivity index (χ4n) is 3.00. The van der Waals surface area contributed by atoms with Crippen LogP contribution in [0.2, 0.25) is 0 Å². The lowest BCUT2D eigenvalue weighted by Crippen LogP contribution is -2.48. The highest BCUT2D eigenvalue weighted by atomic mass is 16.3. The number of furan rings is 1. The van der Waals surface area contributed by atoms with Gasteiger partial charge in [0.1, 0.15) is 5.76 Å². The molecule has 25 heavy (non-hydrogen) atoms. The van der Waals surface area contributed by atoms with Crippen molar-refractivity contribution in [3.63, 3.8) is 0 Å². The van der Waals surface area contributed by atoms with Crippen LogP contribution in [0.5, 0.6) is 0 Å². The van der Waals surface area contributed by atoms with Gasteiger partial charge in [-0.2, -0.15) is 0 Å². The average Bonchev–Trinajstić information content (AvgIpc) is 3.16. The second-order valence-corrected chi connectivity index (χ2v) is 6.47. The van der Waals surface area contributed by atoms with Crippen molar-refractivity contribution < 1.29 is 9.21 Å². The van der Waals surface area contributed by atoms with Crippen LogP contribution in [0.3, 0.4) is 0 Å². The summed E-state index contributed by atoms with van der Waals surface area (Å²) in [6.45, 7) is 5.37. The summed E-state index contributed by atoms with van der Waals surface area (Å²) in [5.41, 5.74) is 1.12. The summed E-state index contributed by atoms with van der Waals surface area (Å²) >= 11 is 0. The summed E-state index contributed by atoms with van der Waals surface area (Å²) in [6.07, 6.45) is 1.61. The number of carbonyl (C=O) groups excluding carboxylic acids is 1. The summed E-state index contributed by atoms with van der Waals surface area (Å²) in [6, 6.07) is 13.6. The Bertz CT molecular complexity index is 637. The van der Waals surface area contributed by atoms with E-state index in [4.69, 9.17) is 4.42 Å². The second kappa shape index (κ2) is 8.69. The summed E-state index contributed by atoms with van der Waals surface area (Å²) in [5.74, 6) is 0.741. The van der Waals surface area contributed by atoms with Crippen molar-refractivity contribution in [3.05, 3.63) is 60.1 Å². The van der Waals surface area contributed by atoms with Crippen LogP contribution in [0.4, 0.5) is 4.79 Å². The molecule has 2 N–H and O–H groups in total. The van der Waals surface area contributed by atoms with Crippen molar-refractivity contribution in [1.29, 1.82) is 0 Å². The molecule has 2 amide bonds. The van der Waals surface area contributed by atoms with Gasteiger partial charge in [-0.25, -0.2) is 4.79 Å². The van der Waals surface area contributed by atoms with Gasteiger partial charge in [0.15, 0.2) is 0 Å². The Balaban J connectivity index is 1.59. The van der Waals surface area contributed by atoms with E-state index in [-0.39, 0.29) is 12.1 Å². The lowest BCUT2D eigenvalue weighted by Gasteiger charge is -2.35. The number of hydrogen-bond donors (Lipinski definition) is 2. The molecule has 0 spiro atoms. The number of urea groups is 1. The van der Waals surface area contributed by atoms with Gasteiger partial charge in [-0.05, 0) is 24.7 Å². The zero-order valence-corrected chi connectivity index (χ0v) is 14.6. The van der Waals surface area contributed by atoms with Gasteiger partial charge in [0.25, 0.3) is 0 Å². The van der Waals surface area contributed by atoms with Crippen molar-refractivity contribution in [3.8, 4) is 0 Å². The zero-order chi connectivity index (χ0) is 17.5. The van der Waals surface area contributed by atoms with Crippen LogP contribution >= 0.6 is 0 Å². The van der Waals surface area contributed by atoms with E-state index in [1.807, 2.05) is 30.3 Å². The van der Waals surface area contributed by atoms with Crippen molar-refractivity contribution in [2.75, 3.05) is 39.8 Å². The maximum absolute atomic E-state index is 12.3. The summed E-state index contributed by atoms with van der Waals surface area (Å²) in [5, 5.41) is 5.97. The molecular weight excluding hydrogens is 316 g/mol. The summed E-state index contributed by atoms with van der Waals surface area (Å²) in [4.78, 5) is 17.1. The molecule has 1 fully saturated rings. The molecule has 6 nitrogen and oxygen atoms in total. The highest BCUT2D eigenvalue weighted by molar-refractivity contribution is 5.74. The minimum Gasteiger partial charge on any atom is -0.467 e. The van der Waals surface area contributed by atoms with Gasteiger partial charge in [0.2, 0.25) is 0 Å². The molecular formula is C19H26N4O2. The standard InChI is InChI=1S/C19H26N4O2/c1-22-9-11-23(12-10-22)15-18(16-6-3-2-4-7-16)21-19(24)20-14-17-8-5-13-25-17/h2-8,13,18H,9-12,14-15H2,1H3,(H2,20,21,24). The van der Waals surface area contributed by atoms with Crippen LogP contribution in [0.1, 0.15) is 17.4 Å². The van der Waals surface area contributed by atoms with E-state index in [1.165, 1.54) is 0 Å². The van der Waals surface area contributed by atoms with E-state index < -0.39 is 0 Å². The molecule has 2 aromatic rings. The second-order valence-electron chi connectivity index (χ2n) is 6.47. The number of nitrogens with zero attached hydrogens (tertiary/aromatic N) is 2. The Morgan fingerprint density at radius 1 is 1.12 bits per heavy atom. The fraction of sp³-hybridized carbons (Fsp3) is 0.421. The Hall–Kier alpha value is -2.31. The molecule has 1 aliphatic rings. The Labute approximate surface area is 148 Å². The first-order chi connectivity index (χ1) is 12.2. The molecule has 0 saturated carbocycles. The molecule has 1 aromatic carbocycles. The molecule has 0 radical (unpaired) electrons.